The van der Waals surface area contributed by atoms with Crippen LogP contribution in [-0.4, -0.2) is 31.1 Å². The van der Waals surface area contributed by atoms with Gasteiger partial charge in [-0.3, -0.25) is 4.90 Å². The van der Waals surface area contributed by atoms with E-state index in [1.54, 1.807) is 0 Å². The van der Waals surface area contributed by atoms with E-state index in [0.29, 0.717) is 12.6 Å². The van der Waals surface area contributed by atoms with E-state index in [4.69, 9.17) is 5.73 Å². The average molecular weight is 154 g/mol. The number of hydrogen-bond acceptors (Lipinski definition) is 2. The Hall–Kier alpha value is -0.340. The number of nitrogens with zero attached hydrogens (tertiary/aromatic N) is 1. The summed E-state index contributed by atoms with van der Waals surface area (Å²) in [7, 11) is 2.19. The molecule has 11 heavy (non-hydrogen) atoms. The molecular formula is C9H18N2. The van der Waals surface area contributed by atoms with Crippen molar-refractivity contribution in [2.75, 3.05) is 20.1 Å². The van der Waals surface area contributed by atoms with Crippen molar-refractivity contribution in [3.63, 3.8) is 0 Å². The molecule has 0 radical (unpaired) electrons. The molecule has 0 spiro atoms. The predicted octanol–water partition coefficient (Wildman–Crippen LogP) is 0.986. The Bertz CT molecular complexity index is 132. The molecule has 2 nitrogen and oxygen atoms in total. The van der Waals surface area contributed by atoms with Gasteiger partial charge < -0.3 is 5.73 Å². The Morgan fingerprint density at radius 2 is 2.36 bits per heavy atom. The zero-order chi connectivity index (χ0) is 8.10. The lowest BCUT2D eigenvalue weighted by atomic mass is 10.0. The lowest BCUT2D eigenvalue weighted by molar-refractivity contribution is 0.222. The van der Waals surface area contributed by atoms with Crippen molar-refractivity contribution < 1.29 is 0 Å². The third-order valence-electron chi connectivity index (χ3n) is 2.32. The monoisotopic (exact) mass is 154 g/mol. The lowest BCUT2D eigenvalue weighted by Gasteiger charge is -2.30. The number of rotatable bonds is 2. The van der Waals surface area contributed by atoms with Crippen LogP contribution in [0.5, 0.6) is 0 Å². The van der Waals surface area contributed by atoms with E-state index in [1.165, 1.54) is 25.8 Å². The quantitative estimate of drug-likeness (QED) is 0.601. The second kappa shape index (κ2) is 4.52. The van der Waals surface area contributed by atoms with Crippen LogP contribution in [0.15, 0.2) is 12.2 Å². The van der Waals surface area contributed by atoms with Gasteiger partial charge in [0, 0.05) is 12.6 Å². The number of likely N-dealkylation sites (N-methyl/N-ethyl adjacent to an activating group) is 1. The molecule has 1 atom stereocenters. The summed E-state index contributed by atoms with van der Waals surface area (Å²) in [6.45, 7) is 1.91. The first kappa shape index (κ1) is 8.75. The normalized spacial score (nSPS) is 28.0. The smallest absolute Gasteiger partial charge is 0.0275 e. The molecule has 1 aliphatic rings. The molecule has 0 aromatic rings. The van der Waals surface area contributed by atoms with Gasteiger partial charge in [-0.15, -0.1) is 0 Å². The maximum Gasteiger partial charge on any atom is 0.0275 e. The fourth-order valence-corrected chi connectivity index (χ4v) is 1.58. The van der Waals surface area contributed by atoms with Gasteiger partial charge in [0.25, 0.3) is 0 Å². The summed E-state index contributed by atoms with van der Waals surface area (Å²) in [4.78, 5) is 2.40. The van der Waals surface area contributed by atoms with Crippen molar-refractivity contribution in [3.8, 4) is 0 Å². The highest BCUT2D eigenvalue weighted by molar-refractivity contribution is 4.95. The van der Waals surface area contributed by atoms with Crippen LogP contribution in [0.4, 0.5) is 0 Å². The number of hydrogen-bond donors (Lipinski definition) is 1. The minimum absolute atomic E-state index is 0.646. The molecule has 64 valence electrons. The highest BCUT2D eigenvalue weighted by Crippen LogP contribution is 2.15. The van der Waals surface area contributed by atoms with Crippen molar-refractivity contribution in [1.82, 2.24) is 4.90 Å². The van der Waals surface area contributed by atoms with Crippen molar-refractivity contribution >= 4 is 0 Å². The molecule has 1 fully saturated rings. The van der Waals surface area contributed by atoms with E-state index in [2.05, 4.69) is 24.1 Å². The van der Waals surface area contributed by atoms with Crippen LogP contribution < -0.4 is 5.73 Å². The van der Waals surface area contributed by atoms with E-state index >= 15 is 0 Å². The average Bonchev–Trinajstić information content (AvgIpc) is 2.03. The largest absolute Gasteiger partial charge is 0.327 e. The minimum atomic E-state index is 0.646. The maximum absolute atomic E-state index is 5.39. The fourth-order valence-electron chi connectivity index (χ4n) is 1.58. The van der Waals surface area contributed by atoms with Crippen LogP contribution in [0.1, 0.15) is 19.3 Å². The predicted molar refractivity (Wildman–Crippen MR) is 48.5 cm³/mol. The van der Waals surface area contributed by atoms with Gasteiger partial charge in [-0.1, -0.05) is 18.6 Å². The molecule has 1 saturated heterocycles. The highest BCUT2D eigenvalue weighted by Gasteiger charge is 2.14. The fraction of sp³-hybridized carbons (Fsp3) is 0.778. The van der Waals surface area contributed by atoms with Crippen LogP contribution >= 0.6 is 0 Å². The van der Waals surface area contributed by atoms with Crippen LogP contribution in [-0.2, 0) is 0 Å². The third kappa shape index (κ3) is 2.64. The molecule has 0 aromatic carbocycles. The SMILES string of the molecule is CN1CCCCC1/C=C\CN. The molecule has 1 aliphatic heterocycles. The number of likely N-dealkylation sites (tertiary alicyclic amines) is 1. The van der Waals surface area contributed by atoms with Gasteiger partial charge in [-0.05, 0) is 26.4 Å². The summed E-state index contributed by atoms with van der Waals surface area (Å²) in [5.41, 5.74) is 5.39. The van der Waals surface area contributed by atoms with Crippen molar-refractivity contribution in [2.24, 2.45) is 5.73 Å². The second-order valence-corrected chi connectivity index (χ2v) is 3.21. The van der Waals surface area contributed by atoms with Crippen LogP contribution in [0.2, 0.25) is 0 Å². The zero-order valence-electron chi connectivity index (χ0n) is 7.29. The summed E-state index contributed by atoms with van der Waals surface area (Å²) >= 11 is 0. The van der Waals surface area contributed by atoms with Gasteiger partial charge in [0.15, 0.2) is 0 Å². The molecule has 0 aromatic heterocycles. The lowest BCUT2D eigenvalue weighted by Crippen LogP contribution is -2.34. The first-order chi connectivity index (χ1) is 5.34. The highest BCUT2D eigenvalue weighted by atomic mass is 15.1. The second-order valence-electron chi connectivity index (χ2n) is 3.21. The van der Waals surface area contributed by atoms with Gasteiger partial charge in [-0.2, -0.15) is 0 Å². The molecule has 0 amide bonds. The van der Waals surface area contributed by atoms with E-state index in [-0.39, 0.29) is 0 Å². The molecule has 0 aliphatic carbocycles. The molecular weight excluding hydrogens is 136 g/mol. The zero-order valence-corrected chi connectivity index (χ0v) is 7.29. The summed E-state index contributed by atoms with van der Waals surface area (Å²) < 4.78 is 0. The Morgan fingerprint density at radius 3 is 3.00 bits per heavy atom. The van der Waals surface area contributed by atoms with Gasteiger partial charge in [0.05, 0.1) is 0 Å². The van der Waals surface area contributed by atoms with Crippen molar-refractivity contribution in [2.45, 2.75) is 25.3 Å². The van der Waals surface area contributed by atoms with Gasteiger partial charge in [0.1, 0.15) is 0 Å². The summed E-state index contributed by atoms with van der Waals surface area (Å²) in [6, 6.07) is 0.646. The number of nitrogens with two attached hydrogens (primary N) is 1. The first-order valence-electron chi connectivity index (χ1n) is 4.41. The van der Waals surface area contributed by atoms with Crippen molar-refractivity contribution in [3.05, 3.63) is 12.2 Å². The molecule has 2 heteroatoms. The standard InChI is InChI=1S/C9H18N2/c1-11-8-3-2-5-9(11)6-4-7-10/h4,6,9H,2-3,5,7-8,10H2,1H3/b6-4-. The van der Waals surface area contributed by atoms with E-state index < -0.39 is 0 Å². The first-order valence-corrected chi connectivity index (χ1v) is 4.41. The van der Waals surface area contributed by atoms with Crippen LogP contribution in [0, 0.1) is 0 Å². The van der Waals surface area contributed by atoms with Crippen molar-refractivity contribution in [1.29, 1.82) is 0 Å². The molecule has 1 heterocycles. The summed E-state index contributed by atoms with van der Waals surface area (Å²) in [6.07, 6.45) is 8.31. The molecule has 2 N–H and O–H groups in total. The van der Waals surface area contributed by atoms with Gasteiger partial charge >= 0.3 is 0 Å². The van der Waals surface area contributed by atoms with E-state index in [9.17, 15) is 0 Å². The van der Waals surface area contributed by atoms with Crippen LogP contribution in [0.3, 0.4) is 0 Å². The topological polar surface area (TPSA) is 29.3 Å². The van der Waals surface area contributed by atoms with Gasteiger partial charge in [0.2, 0.25) is 0 Å². The Balaban J connectivity index is 2.35. The molecule has 0 saturated carbocycles. The summed E-state index contributed by atoms with van der Waals surface area (Å²) in [5.74, 6) is 0. The van der Waals surface area contributed by atoms with E-state index in [1.807, 2.05) is 0 Å². The molecule has 1 unspecified atom stereocenters. The van der Waals surface area contributed by atoms with E-state index in [0.717, 1.165) is 0 Å². The third-order valence-corrected chi connectivity index (χ3v) is 2.32. The number of piperidine rings is 1. The molecule has 0 bridgehead atoms. The Kier molecular flexibility index (Phi) is 3.60. The summed E-state index contributed by atoms with van der Waals surface area (Å²) in [5, 5.41) is 0. The van der Waals surface area contributed by atoms with Crippen LogP contribution in [0.25, 0.3) is 0 Å². The van der Waals surface area contributed by atoms with Gasteiger partial charge in [-0.25, -0.2) is 0 Å². The Labute approximate surface area is 69.1 Å². The molecule has 1 rings (SSSR count). The Morgan fingerprint density at radius 1 is 1.55 bits per heavy atom. The maximum atomic E-state index is 5.39. The minimum Gasteiger partial charge on any atom is -0.327 e.